The molecule has 0 spiro atoms. The Hall–Kier alpha value is -3.03. The lowest BCUT2D eigenvalue weighted by Gasteiger charge is -2.29. The molecule has 0 atom stereocenters. The lowest BCUT2D eigenvalue weighted by Crippen LogP contribution is -2.38. The maximum absolute atomic E-state index is 12.8. The number of benzene rings is 2. The van der Waals surface area contributed by atoms with Gasteiger partial charge in [0, 0.05) is 11.6 Å². The van der Waals surface area contributed by atoms with Crippen LogP contribution >= 0.6 is 0 Å². The Bertz CT molecular complexity index is 812. The zero-order chi connectivity index (χ0) is 19.3. The molecule has 0 saturated heterocycles. The van der Waals surface area contributed by atoms with Crippen molar-refractivity contribution in [1.82, 2.24) is 0 Å². The largest absolute Gasteiger partial charge is 0.481 e. The average Bonchev–Trinajstić information content (AvgIpc) is 2.65. The van der Waals surface area contributed by atoms with Crippen molar-refractivity contribution in [3.8, 4) is 5.75 Å². The topological polar surface area (TPSA) is 72.7 Å². The Morgan fingerprint density at radius 3 is 2.62 bits per heavy atom. The molecular formula is C18H18F2N2O4. The van der Waals surface area contributed by atoms with Gasteiger partial charge in [-0.1, -0.05) is 32.0 Å². The van der Waals surface area contributed by atoms with Crippen molar-refractivity contribution in [3.63, 3.8) is 0 Å². The van der Waals surface area contributed by atoms with Crippen LogP contribution in [0.25, 0.3) is 0 Å². The molecule has 8 heteroatoms. The molecule has 0 aliphatic carbocycles. The van der Waals surface area contributed by atoms with E-state index in [0.29, 0.717) is 11.3 Å². The van der Waals surface area contributed by atoms with Crippen molar-refractivity contribution in [2.75, 3.05) is 11.5 Å². The van der Waals surface area contributed by atoms with Gasteiger partial charge in [-0.25, -0.2) is 8.78 Å². The van der Waals surface area contributed by atoms with Crippen molar-refractivity contribution in [3.05, 3.63) is 63.7 Å². The van der Waals surface area contributed by atoms with E-state index in [1.54, 1.807) is 6.07 Å². The number of hydrogen-bond donors (Lipinski definition) is 0. The summed E-state index contributed by atoms with van der Waals surface area (Å²) in [6.45, 7) is 3.82. The van der Waals surface area contributed by atoms with Crippen molar-refractivity contribution in [1.29, 1.82) is 0 Å². The maximum Gasteiger partial charge on any atom is 0.273 e. The highest BCUT2D eigenvalue weighted by Gasteiger charge is 2.27. The van der Waals surface area contributed by atoms with Crippen LogP contribution in [0.3, 0.4) is 0 Å². The Labute approximate surface area is 149 Å². The predicted molar refractivity (Wildman–Crippen MR) is 92.5 cm³/mol. The molecule has 0 saturated carbocycles. The second-order valence-corrected chi connectivity index (χ2v) is 5.22. The third-order valence-electron chi connectivity index (χ3n) is 3.64. The molecule has 2 aromatic carbocycles. The van der Waals surface area contributed by atoms with Gasteiger partial charge in [-0.2, -0.15) is 0 Å². The van der Waals surface area contributed by atoms with Gasteiger partial charge in [0.05, 0.1) is 23.2 Å². The van der Waals surface area contributed by atoms with Crippen LogP contribution in [0.15, 0.2) is 42.5 Å². The Balaban J connectivity index is 0.00000117. The third kappa shape index (κ3) is 4.14. The summed E-state index contributed by atoms with van der Waals surface area (Å²) in [7, 11) is 0. The number of ether oxygens (including phenoxy) is 1. The maximum atomic E-state index is 12.8. The molecule has 1 amide bonds. The van der Waals surface area contributed by atoms with E-state index < -0.39 is 11.3 Å². The zero-order valence-corrected chi connectivity index (χ0v) is 14.3. The first kappa shape index (κ1) is 19.3. The van der Waals surface area contributed by atoms with Crippen LogP contribution in [0.2, 0.25) is 0 Å². The molecule has 26 heavy (non-hydrogen) atoms. The number of nitro groups is 1. The van der Waals surface area contributed by atoms with E-state index in [4.69, 9.17) is 4.74 Å². The van der Waals surface area contributed by atoms with Crippen LogP contribution in [-0.2, 0) is 11.3 Å². The molecule has 0 unspecified atom stereocenters. The van der Waals surface area contributed by atoms with Gasteiger partial charge in [0.2, 0.25) is 0 Å². The standard InChI is InChI=1S/C16H12F2N2O4.C2H6/c17-16(18)11-3-1-2-10(6-11)8-19-13-5-4-12(20(22)23)7-14(13)24-9-15(19)21;1-2/h1-7,16H,8-9H2;1-2H3. The van der Waals surface area contributed by atoms with Crippen LogP contribution in [0.5, 0.6) is 5.75 Å². The Morgan fingerprint density at radius 1 is 1.23 bits per heavy atom. The summed E-state index contributed by atoms with van der Waals surface area (Å²) in [5.41, 5.74) is 0.631. The number of carbonyl (C=O) groups is 1. The molecule has 1 aliphatic heterocycles. The van der Waals surface area contributed by atoms with Gasteiger partial charge in [0.1, 0.15) is 0 Å². The molecule has 0 aromatic heterocycles. The van der Waals surface area contributed by atoms with Gasteiger partial charge in [0.15, 0.2) is 12.4 Å². The molecular weight excluding hydrogens is 346 g/mol. The molecule has 1 aliphatic rings. The van der Waals surface area contributed by atoms with Crippen LogP contribution in [0, 0.1) is 10.1 Å². The quantitative estimate of drug-likeness (QED) is 0.592. The van der Waals surface area contributed by atoms with E-state index in [1.807, 2.05) is 13.8 Å². The minimum Gasteiger partial charge on any atom is -0.481 e. The first-order chi connectivity index (χ1) is 12.5. The second kappa shape index (κ2) is 8.37. The van der Waals surface area contributed by atoms with E-state index in [-0.39, 0.29) is 36.1 Å². The molecule has 0 bridgehead atoms. The first-order valence-corrected chi connectivity index (χ1v) is 8.04. The summed E-state index contributed by atoms with van der Waals surface area (Å²) in [5, 5.41) is 10.8. The highest BCUT2D eigenvalue weighted by Crippen LogP contribution is 2.36. The lowest BCUT2D eigenvalue weighted by atomic mass is 10.1. The second-order valence-electron chi connectivity index (χ2n) is 5.22. The van der Waals surface area contributed by atoms with Crippen LogP contribution < -0.4 is 9.64 Å². The molecule has 0 fully saturated rings. The Morgan fingerprint density at radius 2 is 1.96 bits per heavy atom. The molecule has 138 valence electrons. The number of alkyl halides is 2. The van der Waals surface area contributed by atoms with E-state index in [1.165, 1.54) is 41.3 Å². The number of carbonyl (C=O) groups excluding carboxylic acids is 1. The van der Waals surface area contributed by atoms with Gasteiger partial charge >= 0.3 is 0 Å². The third-order valence-corrected chi connectivity index (χ3v) is 3.64. The SMILES string of the molecule is CC.O=C1COc2cc([N+](=O)[O-])ccc2N1Cc1cccc(C(F)F)c1. The van der Waals surface area contributed by atoms with Gasteiger partial charge in [-0.15, -0.1) is 0 Å². The van der Waals surface area contributed by atoms with Crippen molar-refractivity contribution < 1.29 is 23.2 Å². The van der Waals surface area contributed by atoms with Crippen LogP contribution in [0.4, 0.5) is 20.2 Å². The van der Waals surface area contributed by atoms with E-state index in [2.05, 4.69) is 0 Å². The van der Waals surface area contributed by atoms with E-state index >= 15 is 0 Å². The molecule has 3 rings (SSSR count). The van der Waals surface area contributed by atoms with Gasteiger partial charge < -0.3 is 9.64 Å². The number of anilines is 1. The van der Waals surface area contributed by atoms with Crippen molar-refractivity contribution >= 4 is 17.3 Å². The molecule has 2 aromatic rings. The number of halogens is 2. The molecule has 0 N–H and O–H groups in total. The normalized spacial score (nSPS) is 12.8. The van der Waals surface area contributed by atoms with Crippen molar-refractivity contribution in [2.45, 2.75) is 26.8 Å². The van der Waals surface area contributed by atoms with Crippen LogP contribution in [-0.4, -0.2) is 17.4 Å². The minimum atomic E-state index is -2.60. The summed E-state index contributed by atoms with van der Waals surface area (Å²) < 4.78 is 30.8. The average molecular weight is 364 g/mol. The van der Waals surface area contributed by atoms with Crippen LogP contribution in [0.1, 0.15) is 31.4 Å². The predicted octanol–water partition coefficient (Wildman–Crippen LogP) is 4.48. The highest BCUT2D eigenvalue weighted by atomic mass is 19.3. The van der Waals surface area contributed by atoms with Gasteiger partial charge in [0.25, 0.3) is 18.0 Å². The Kier molecular flexibility index (Phi) is 6.21. The number of hydrogen-bond acceptors (Lipinski definition) is 4. The monoisotopic (exact) mass is 364 g/mol. The van der Waals surface area contributed by atoms with Gasteiger partial charge in [-0.3, -0.25) is 14.9 Å². The number of nitrogens with zero attached hydrogens (tertiary/aromatic N) is 2. The van der Waals surface area contributed by atoms with Gasteiger partial charge in [-0.05, 0) is 17.7 Å². The summed E-state index contributed by atoms with van der Waals surface area (Å²) in [4.78, 5) is 23.8. The number of rotatable bonds is 4. The highest BCUT2D eigenvalue weighted by molar-refractivity contribution is 5.98. The van der Waals surface area contributed by atoms with E-state index in [9.17, 15) is 23.7 Å². The first-order valence-electron chi connectivity index (χ1n) is 8.04. The summed E-state index contributed by atoms with van der Waals surface area (Å²) in [5.74, 6) is -0.132. The number of nitro benzene ring substituents is 1. The summed E-state index contributed by atoms with van der Waals surface area (Å²) in [6, 6.07) is 9.71. The number of fused-ring (bicyclic) bond motifs is 1. The fourth-order valence-corrected chi connectivity index (χ4v) is 2.49. The minimum absolute atomic E-state index is 0.0769. The summed E-state index contributed by atoms with van der Waals surface area (Å²) >= 11 is 0. The van der Waals surface area contributed by atoms with Crippen molar-refractivity contribution in [2.24, 2.45) is 0 Å². The molecule has 0 radical (unpaired) electrons. The molecule has 6 nitrogen and oxygen atoms in total. The lowest BCUT2D eigenvalue weighted by molar-refractivity contribution is -0.384. The molecule has 1 heterocycles. The fraction of sp³-hybridized carbons (Fsp3) is 0.278. The fourth-order valence-electron chi connectivity index (χ4n) is 2.49. The zero-order valence-electron chi connectivity index (χ0n) is 14.3. The summed E-state index contributed by atoms with van der Waals surface area (Å²) in [6.07, 6.45) is -2.60. The van der Waals surface area contributed by atoms with E-state index in [0.717, 1.165) is 0 Å². The number of non-ortho nitro benzene ring substituents is 1. The smallest absolute Gasteiger partial charge is 0.273 e. The number of amides is 1.